The molecule has 2 aromatic rings. The van der Waals surface area contributed by atoms with Gasteiger partial charge in [0.2, 0.25) is 0 Å². The standard InChI is InChI=1S/C14H16FN3/c1-3-7-16-14-8-13(17-9-18-14)11-5-4-6-12(15)10(11)2/h4-6,8-9H,3,7H2,1-2H3,(H,16,17,18). The van der Waals surface area contributed by atoms with Crippen LogP contribution in [-0.2, 0) is 0 Å². The van der Waals surface area contributed by atoms with Crippen LogP contribution in [0.1, 0.15) is 18.9 Å². The smallest absolute Gasteiger partial charge is 0.129 e. The van der Waals surface area contributed by atoms with E-state index in [-0.39, 0.29) is 5.82 Å². The average Bonchev–Trinajstić information content (AvgIpc) is 2.40. The fraction of sp³-hybridized carbons (Fsp3) is 0.286. The zero-order valence-corrected chi connectivity index (χ0v) is 10.6. The van der Waals surface area contributed by atoms with Crippen LogP contribution in [0.4, 0.5) is 10.2 Å². The summed E-state index contributed by atoms with van der Waals surface area (Å²) in [7, 11) is 0. The third-order valence-corrected chi connectivity index (χ3v) is 2.77. The molecule has 0 amide bonds. The van der Waals surface area contributed by atoms with Crippen LogP contribution >= 0.6 is 0 Å². The lowest BCUT2D eigenvalue weighted by molar-refractivity contribution is 0.619. The topological polar surface area (TPSA) is 37.8 Å². The van der Waals surface area contributed by atoms with Crippen molar-refractivity contribution in [2.45, 2.75) is 20.3 Å². The van der Waals surface area contributed by atoms with Crippen molar-refractivity contribution in [3.8, 4) is 11.3 Å². The maximum absolute atomic E-state index is 13.5. The van der Waals surface area contributed by atoms with Crippen molar-refractivity contribution in [2.75, 3.05) is 11.9 Å². The third kappa shape index (κ3) is 2.64. The van der Waals surface area contributed by atoms with Gasteiger partial charge in [-0.05, 0) is 25.0 Å². The zero-order chi connectivity index (χ0) is 13.0. The van der Waals surface area contributed by atoms with Crippen molar-refractivity contribution >= 4 is 5.82 Å². The highest BCUT2D eigenvalue weighted by Gasteiger charge is 2.07. The number of aromatic nitrogens is 2. The Morgan fingerprint density at radius 1 is 1.28 bits per heavy atom. The van der Waals surface area contributed by atoms with E-state index in [1.807, 2.05) is 12.1 Å². The Kier molecular flexibility index (Phi) is 3.87. The highest BCUT2D eigenvalue weighted by atomic mass is 19.1. The lowest BCUT2D eigenvalue weighted by Gasteiger charge is -2.08. The second-order valence-corrected chi connectivity index (χ2v) is 4.13. The minimum absolute atomic E-state index is 0.214. The summed E-state index contributed by atoms with van der Waals surface area (Å²) in [6.45, 7) is 4.70. The van der Waals surface area contributed by atoms with E-state index in [1.54, 1.807) is 13.0 Å². The second kappa shape index (κ2) is 5.58. The van der Waals surface area contributed by atoms with E-state index in [2.05, 4.69) is 22.2 Å². The molecule has 0 radical (unpaired) electrons. The molecule has 1 heterocycles. The SMILES string of the molecule is CCCNc1cc(-c2cccc(F)c2C)ncn1. The summed E-state index contributed by atoms with van der Waals surface area (Å²) in [5, 5.41) is 3.19. The molecule has 94 valence electrons. The van der Waals surface area contributed by atoms with Crippen LogP contribution in [-0.4, -0.2) is 16.5 Å². The first kappa shape index (κ1) is 12.5. The molecule has 18 heavy (non-hydrogen) atoms. The van der Waals surface area contributed by atoms with E-state index in [0.717, 1.165) is 30.0 Å². The van der Waals surface area contributed by atoms with Gasteiger partial charge in [-0.15, -0.1) is 0 Å². The quantitative estimate of drug-likeness (QED) is 0.897. The molecule has 0 aliphatic rings. The Morgan fingerprint density at radius 2 is 2.11 bits per heavy atom. The van der Waals surface area contributed by atoms with Gasteiger partial charge in [0.25, 0.3) is 0 Å². The predicted octanol–water partition coefficient (Wildman–Crippen LogP) is 3.41. The Balaban J connectivity index is 2.35. The number of rotatable bonds is 4. The molecule has 1 aromatic carbocycles. The van der Waals surface area contributed by atoms with Gasteiger partial charge in [0.15, 0.2) is 0 Å². The van der Waals surface area contributed by atoms with Crippen LogP contribution in [0.25, 0.3) is 11.3 Å². The van der Waals surface area contributed by atoms with Crippen molar-refractivity contribution in [3.63, 3.8) is 0 Å². The second-order valence-electron chi connectivity index (χ2n) is 4.13. The van der Waals surface area contributed by atoms with Gasteiger partial charge >= 0.3 is 0 Å². The minimum atomic E-state index is -0.214. The van der Waals surface area contributed by atoms with E-state index < -0.39 is 0 Å². The first-order chi connectivity index (χ1) is 8.72. The van der Waals surface area contributed by atoms with Crippen LogP contribution in [0.15, 0.2) is 30.6 Å². The molecule has 3 nitrogen and oxygen atoms in total. The van der Waals surface area contributed by atoms with Crippen molar-refractivity contribution in [1.82, 2.24) is 9.97 Å². The van der Waals surface area contributed by atoms with E-state index in [4.69, 9.17) is 0 Å². The first-order valence-electron chi connectivity index (χ1n) is 6.03. The number of hydrogen-bond acceptors (Lipinski definition) is 3. The largest absolute Gasteiger partial charge is 0.370 e. The first-order valence-corrected chi connectivity index (χ1v) is 6.03. The summed E-state index contributed by atoms with van der Waals surface area (Å²) < 4.78 is 13.5. The fourth-order valence-corrected chi connectivity index (χ4v) is 1.74. The van der Waals surface area contributed by atoms with Gasteiger partial charge in [-0.2, -0.15) is 0 Å². The zero-order valence-electron chi connectivity index (χ0n) is 10.6. The molecular weight excluding hydrogens is 229 g/mol. The van der Waals surface area contributed by atoms with Crippen molar-refractivity contribution in [1.29, 1.82) is 0 Å². The van der Waals surface area contributed by atoms with Gasteiger partial charge < -0.3 is 5.32 Å². The van der Waals surface area contributed by atoms with Crippen molar-refractivity contribution in [3.05, 3.63) is 42.0 Å². The van der Waals surface area contributed by atoms with Crippen LogP contribution < -0.4 is 5.32 Å². The van der Waals surface area contributed by atoms with Gasteiger partial charge in [-0.1, -0.05) is 19.1 Å². The van der Waals surface area contributed by atoms with Crippen LogP contribution in [0, 0.1) is 12.7 Å². The molecular formula is C14H16FN3. The number of benzene rings is 1. The van der Waals surface area contributed by atoms with Crippen LogP contribution in [0.2, 0.25) is 0 Å². The van der Waals surface area contributed by atoms with E-state index >= 15 is 0 Å². The van der Waals surface area contributed by atoms with E-state index in [1.165, 1.54) is 12.4 Å². The Hall–Kier alpha value is -1.97. The number of nitrogens with one attached hydrogen (secondary N) is 1. The number of halogens is 1. The molecule has 2 rings (SSSR count). The molecule has 0 aliphatic carbocycles. The number of hydrogen-bond donors (Lipinski definition) is 1. The molecule has 0 atom stereocenters. The van der Waals surface area contributed by atoms with Gasteiger partial charge in [0, 0.05) is 18.2 Å². The van der Waals surface area contributed by atoms with E-state index in [0.29, 0.717) is 5.56 Å². The lowest BCUT2D eigenvalue weighted by Crippen LogP contribution is -2.02. The normalized spacial score (nSPS) is 10.4. The van der Waals surface area contributed by atoms with Gasteiger partial charge in [-0.3, -0.25) is 0 Å². The average molecular weight is 245 g/mol. The number of anilines is 1. The van der Waals surface area contributed by atoms with Gasteiger partial charge in [0.05, 0.1) is 5.69 Å². The fourth-order valence-electron chi connectivity index (χ4n) is 1.74. The summed E-state index contributed by atoms with van der Waals surface area (Å²) in [5.74, 6) is 0.555. The summed E-state index contributed by atoms with van der Waals surface area (Å²) >= 11 is 0. The Bertz CT molecular complexity index is 540. The molecule has 0 aliphatic heterocycles. The molecule has 1 aromatic heterocycles. The van der Waals surface area contributed by atoms with Gasteiger partial charge in [-0.25, -0.2) is 14.4 Å². The highest BCUT2D eigenvalue weighted by Crippen LogP contribution is 2.24. The number of nitrogens with zero attached hydrogens (tertiary/aromatic N) is 2. The van der Waals surface area contributed by atoms with Crippen molar-refractivity contribution in [2.24, 2.45) is 0 Å². The van der Waals surface area contributed by atoms with Crippen LogP contribution in [0.5, 0.6) is 0 Å². The molecule has 4 heteroatoms. The molecule has 0 saturated heterocycles. The van der Waals surface area contributed by atoms with Gasteiger partial charge in [0.1, 0.15) is 18.0 Å². The molecule has 0 spiro atoms. The summed E-state index contributed by atoms with van der Waals surface area (Å²) in [5.41, 5.74) is 2.15. The van der Waals surface area contributed by atoms with E-state index in [9.17, 15) is 4.39 Å². The predicted molar refractivity (Wildman–Crippen MR) is 70.9 cm³/mol. The molecule has 0 fully saturated rings. The summed E-state index contributed by atoms with van der Waals surface area (Å²) in [4.78, 5) is 8.34. The lowest BCUT2D eigenvalue weighted by atomic mass is 10.1. The third-order valence-electron chi connectivity index (χ3n) is 2.77. The Labute approximate surface area is 106 Å². The minimum Gasteiger partial charge on any atom is -0.370 e. The molecule has 1 N–H and O–H groups in total. The maximum atomic E-state index is 13.5. The van der Waals surface area contributed by atoms with Crippen LogP contribution in [0.3, 0.4) is 0 Å². The monoisotopic (exact) mass is 245 g/mol. The maximum Gasteiger partial charge on any atom is 0.129 e. The van der Waals surface area contributed by atoms with Crippen molar-refractivity contribution < 1.29 is 4.39 Å². The Morgan fingerprint density at radius 3 is 2.89 bits per heavy atom. The molecule has 0 saturated carbocycles. The molecule has 0 unspecified atom stereocenters. The summed E-state index contributed by atoms with van der Waals surface area (Å²) in [6.07, 6.45) is 2.52. The highest BCUT2D eigenvalue weighted by molar-refractivity contribution is 5.65. The molecule has 0 bridgehead atoms. The summed E-state index contributed by atoms with van der Waals surface area (Å²) in [6, 6.07) is 6.86.